The molecule has 1 fully saturated rings. The minimum absolute atomic E-state index is 0.0127. The van der Waals surface area contributed by atoms with E-state index in [1.54, 1.807) is 13.8 Å². The van der Waals surface area contributed by atoms with Gasteiger partial charge in [-0.1, -0.05) is 13.8 Å². The second-order valence-electron chi connectivity index (χ2n) is 7.06. The Morgan fingerprint density at radius 1 is 1.14 bits per heavy atom. The molecule has 0 bridgehead atoms. The van der Waals surface area contributed by atoms with E-state index in [4.69, 9.17) is 10.8 Å². The highest BCUT2D eigenvalue weighted by atomic mass is 16.4. The number of carboxylic acid groups (broad SMARTS) is 1. The summed E-state index contributed by atoms with van der Waals surface area (Å²) in [6.45, 7) is 3.50. The van der Waals surface area contributed by atoms with Crippen molar-refractivity contribution < 1.29 is 29.1 Å². The molecule has 1 heterocycles. The van der Waals surface area contributed by atoms with Crippen LogP contribution in [0.25, 0.3) is 0 Å². The Hall–Kier alpha value is -2.69. The van der Waals surface area contributed by atoms with Crippen molar-refractivity contribution in [3.63, 3.8) is 0 Å². The second kappa shape index (κ2) is 11.2. The van der Waals surface area contributed by atoms with E-state index < -0.39 is 48.4 Å². The van der Waals surface area contributed by atoms with Crippen molar-refractivity contribution in [3.05, 3.63) is 0 Å². The molecule has 1 rings (SSSR count). The van der Waals surface area contributed by atoms with Crippen LogP contribution in [0.2, 0.25) is 0 Å². The van der Waals surface area contributed by atoms with Crippen LogP contribution < -0.4 is 27.0 Å². The zero-order chi connectivity index (χ0) is 21.3. The van der Waals surface area contributed by atoms with Gasteiger partial charge < -0.3 is 32.1 Å². The fraction of sp³-hybridized carbons (Fsp3) is 0.706. The van der Waals surface area contributed by atoms with Crippen molar-refractivity contribution >= 4 is 29.6 Å². The average molecular weight is 399 g/mol. The van der Waals surface area contributed by atoms with Crippen molar-refractivity contribution in [2.45, 2.75) is 57.7 Å². The molecule has 0 spiro atoms. The third kappa shape index (κ3) is 7.91. The van der Waals surface area contributed by atoms with Gasteiger partial charge in [0.15, 0.2) is 0 Å². The zero-order valence-electron chi connectivity index (χ0n) is 16.1. The summed E-state index contributed by atoms with van der Waals surface area (Å²) in [6.07, 6.45) is 1.35. The maximum atomic E-state index is 12.7. The second-order valence-corrected chi connectivity index (χ2v) is 7.06. The van der Waals surface area contributed by atoms with Crippen LogP contribution in [0, 0.1) is 5.92 Å². The number of primary amides is 1. The van der Waals surface area contributed by atoms with E-state index in [1.807, 2.05) is 0 Å². The lowest BCUT2D eigenvalue weighted by atomic mass is 10.0. The molecule has 11 heteroatoms. The molecule has 3 unspecified atom stereocenters. The van der Waals surface area contributed by atoms with E-state index >= 15 is 0 Å². The summed E-state index contributed by atoms with van der Waals surface area (Å²) in [6, 6.07) is -2.45. The van der Waals surface area contributed by atoms with Crippen molar-refractivity contribution in [1.29, 1.82) is 0 Å². The molecule has 0 aliphatic carbocycles. The van der Waals surface area contributed by atoms with Gasteiger partial charge in [-0.25, -0.2) is 0 Å². The summed E-state index contributed by atoms with van der Waals surface area (Å²) in [5, 5.41) is 19.0. The minimum Gasteiger partial charge on any atom is -0.480 e. The largest absolute Gasteiger partial charge is 0.480 e. The van der Waals surface area contributed by atoms with Crippen molar-refractivity contribution in [2.24, 2.45) is 11.7 Å². The maximum Gasteiger partial charge on any atom is 0.322 e. The SMILES string of the molecule is CC(C)C(NC(=O)C(CCC(N)=O)NC(=O)C1CCCN1)C(=O)NCC(=O)O. The van der Waals surface area contributed by atoms with E-state index in [2.05, 4.69) is 21.3 Å². The lowest BCUT2D eigenvalue weighted by Gasteiger charge is -2.25. The van der Waals surface area contributed by atoms with Gasteiger partial charge in [0.1, 0.15) is 18.6 Å². The van der Waals surface area contributed by atoms with Crippen LogP contribution in [0.15, 0.2) is 0 Å². The topological polar surface area (TPSA) is 180 Å². The van der Waals surface area contributed by atoms with Gasteiger partial charge in [0.25, 0.3) is 0 Å². The number of aliphatic carboxylic acids is 1. The van der Waals surface area contributed by atoms with Crippen molar-refractivity contribution in [2.75, 3.05) is 13.1 Å². The molecule has 0 aromatic heterocycles. The van der Waals surface area contributed by atoms with Gasteiger partial charge in [0.2, 0.25) is 23.6 Å². The highest BCUT2D eigenvalue weighted by Gasteiger charge is 2.31. The number of amides is 4. The van der Waals surface area contributed by atoms with Crippen LogP contribution in [0.5, 0.6) is 0 Å². The Balaban J connectivity index is 2.80. The molecule has 0 saturated carbocycles. The van der Waals surface area contributed by atoms with Gasteiger partial charge in [-0.3, -0.25) is 24.0 Å². The summed E-state index contributed by atoms with van der Waals surface area (Å²) in [5.74, 6) is -3.82. The third-order valence-electron chi connectivity index (χ3n) is 4.35. The Morgan fingerprint density at radius 3 is 2.32 bits per heavy atom. The number of carbonyl (C=O) groups excluding carboxylic acids is 4. The minimum atomic E-state index is -1.21. The number of nitrogens with two attached hydrogens (primary N) is 1. The lowest BCUT2D eigenvalue weighted by molar-refractivity contribution is -0.139. The Morgan fingerprint density at radius 2 is 1.82 bits per heavy atom. The summed E-state index contributed by atoms with van der Waals surface area (Å²) < 4.78 is 0. The molecule has 158 valence electrons. The first kappa shape index (κ1) is 23.3. The molecule has 7 N–H and O–H groups in total. The number of rotatable bonds is 11. The summed E-state index contributed by atoms with van der Waals surface area (Å²) in [7, 11) is 0. The molecule has 28 heavy (non-hydrogen) atoms. The highest BCUT2D eigenvalue weighted by Crippen LogP contribution is 2.08. The van der Waals surface area contributed by atoms with Gasteiger partial charge >= 0.3 is 5.97 Å². The molecule has 1 aliphatic rings. The number of carboxylic acids is 1. The van der Waals surface area contributed by atoms with Crippen molar-refractivity contribution in [3.8, 4) is 0 Å². The van der Waals surface area contributed by atoms with Gasteiger partial charge in [0, 0.05) is 6.42 Å². The highest BCUT2D eigenvalue weighted by molar-refractivity contribution is 5.94. The lowest BCUT2D eigenvalue weighted by Crippen LogP contribution is -2.57. The molecule has 0 aromatic carbocycles. The number of hydrogen-bond donors (Lipinski definition) is 6. The Bertz CT molecular complexity index is 603. The van der Waals surface area contributed by atoms with Crippen LogP contribution in [0.3, 0.4) is 0 Å². The number of hydrogen-bond acceptors (Lipinski definition) is 6. The predicted octanol–water partition coefficient (Wildman–Crippen LogP) is -2.17. The first-order valence-electron chi connectivity index (χ1n) is 9.23. The van der Waals surface area contributed by atoms with Gasteiger partial charge in [-0.05, 0) is 31.7 Å². The normalized spacial score (nSPS) is 18.2. The monoisotopic (exact) mass is 399 g/mol. The molecular formula is C17H29N5O6. The summed E-state index contributed by atoms with van der Waals surface area (Å²) in [5.41, 5.74) is 5.14. The zero-order valence-corrected chi connectivity index (χ0v) is 16.1. The van der Waals surface area contributed by atoms with Crippen molar-refractivity contribution in [1.82, 2.24) is 21.3 Å². The molecule has 1 aliphatic heterocycles. The molecular weight excluding hydrogens is 370 g/mol. The summed E-state index contributed by atoms with van der Waals surface area (Å²) >= 11 is 0. The molecule has 4 amide bonds. The van der Waals surface area contributed by atoms with Crippen LogP contribution >= 0.6 is 0 Å². The molecule has 0 aromatic rings. The quantitative estimate of drug-likeness (QED) is 0.229. The Labute approximate surface area is 163 Å². The first-order valence-corrected chi connectivity index (χ1v) is 9.23. The fourth-order valence-electron chi connectivity index (χ4n) is 2.80. The molecule has 3 atom stereocenters. The standard InChI is InChI=1S/C17H29N5O6/c1-9(2)14(17(28)20-8-13(24)25)22-16(27)11(5-6-12(18)23)21-15(26)10-4-3-7-19-10/h9-11,14,19H,3-8H2,1-2H3,(H2,18,23)(H,20,28)(H,21,26)(H,22,27)(H,24,25). The molecule has 11 nitrogen and oxygen atoms in total. The molecule has 1 saturated heterocycles. The van der Waals surface area contributed by atoms with E-state index in [-0.39, 0.29) is 24.7 Å². The maximum absolute atomic E-state index is 12.7. The fourth-order valence-corrected chi connectivity index (χ4v) is 2.80. The predicted molar refractivity (Wildman–Crippen MR) is 98.8 cm³/mol. The van der Waals surface area contributed by atoms with Crippen LogP contribution in [0.1, 0.15) is 39.5 Å². The smallest absolute Gasteiger partial charge is 0.322 e. The van der Waals surface area contributed by atoms with E-state index in [9.17, 15) is 24.0 Å². The van der Waals surface area contributed by atoms with E-state index in [1.165, 1.54) is 0 Å². The number of carbonyl (C=O) groups is 5. The number of nitrogens with one attached hydrogen (secondary N) is 4. The van der Waals surface area contributed by atoms with Gasteiger partial charge in [-0.15, -0.1) is 0 Å². The Kier molecular flexibility index (Phi) is 9.36. The van der Waals surface area contributed by atoms with E-state index in [0.717, 1.165) is 6.42 Å². The van der Waals surface area contributed by atoms with E-state index in [0.29, 0.717) is 13.0 Å². The summed E-state index contributed by atoms with van der Waals surface area (Å²) in [4.78, 5) is 58.9. The van der Waals surface area contributed by atoms with Crippen LogP contribution in [-0.4, -0.2) is 65.9 Å². The molecule has 0 radical (unpaired) electrons. The van der Waals surface area contributed by atoms with Gasteiger partial charge in [0.05, 0.1) is 6.04 Å². The first-order chi connectivity index (χ1) is 13.1. The average Bonchev–Trinajstić information content (AvgIpc) is 3.15. The van der Waals surface area contributed by atoms with Gasteiger partial charge in [-0.2, -0.15) is 0 Å². The third-order valence-corrected chi connectivity index (χ3v) is 4.35. The van der Waals surface area contributed by atoms with Crippen LogP contribution in [0.4, 0.5) is 0 Å². The van der Waals surface area contributed by atoms with Crippen LogP contribution in [-0.2, 0) is 24.0 Å².